The molecule has 1 heterocycles. The van der Waals surface area contributed by atoms with Gasteiger partial charge in [-0.1, -0.05) is 35.3 Å². The summed E-state index contributed by atoms with van der Waals surface area (Å²) in [6.07, 6.45) is 0. The van der Waals surface area contributed by atoms with Gasteiger partial charge in [0.2, 0.25) is 0 Å². The molecular formula is C20H13Cl2FN4O2S. The van der Waals surface area contributed by atoms with Crippen LogP contribution in [0.1, 0.15) is 0 Å². The number of para-hydroxylation sites is 2. The third kappa shape index (κ3) is 4.30. The Morgan fingerprint density at radius 3 is 2.10 bits per heavy atom. The molecule has 0 bridgehead atoms. The van der Waals surface area contributed by atoms with Crippen LogP contribution in [0.5, 0.6) is 0 Å². The standard InChI is InChI=1S/C20H13Cl2FN4O2S/c21-12-5-10-16(15(22)11-12)24-19-20(26-18-4-2-1-3-17(18)25-19)27-30(28,29)14-8-6-13(23)7-9-14/h1-11H,(H,24,25)(H,26,27). The van der Waals surface area contributed by atoms with Crippen LogP contribution in [0.2, 0.25) is 10.0 Å². The molecule has 1 aromatic heterocycles. The Labute approximate surface area is 181 Å². The number of sulfonamides is 1. The average Bonchev–Trinajstić information content (AvgIpc) is 2.70. The summed E-state index contributed by atoms with van der Waals surface area (Å²) >= 11 is 12.2. The molecule has 0 saturated heterocycles. The van der Waals surface area contributed by atoms with Crippen LogP contribution < -0.4 is 10.0 Å². The van der Waals surface area contributed by atoms with E-state index in [1.165, 1.54) is 0 Å². The predicted octanol–water partition coefficient (Wildman–Crippen LogP) is 5.62. The molecule has 4 aromatic rings. The van der Waals surface area contributed by atoms with Gasteiger partial charge in [-0.3, -0.25) is 4.72 Å². The molecule has 6 nitrogen and oxygen atoms in total. The first kappa shape index (κ1) is 20.3. The molecule has 0 aliphatic rings. The van der Waals surface area contributed by atoms with Crippen molar-refractivity contribution in [3.05, 3.63) is 82.6 Å². The molecule has 0 saturated carbocycles. The Balaban J connectivity index is 1.79. The van der Waals surface area contributed by atoms with Gasteiger partial charge in [0.25, 0.3) is 10.0 Å². The van der Waals surface area contributed by atoms with Crippen molar-refractivity contribution < 1.29 is 12.8 Å². The maximum atomic E-state index is 13.2. The maximum Gasteiger partial charge on any atom is 0.263 e. The van der Waals surface area contributed by atoms with Gasteiger partial charge in [0.15, 0.2) is 11.6 Å². The van der Waals surface area contributed by atoms with E-state index >= 15 is 0 Å². The van der Waals surface area contributed by atoms with Crippen LogP contribution in [0.3, 0.4) is 0 Å². The summed E-state index contributed by atoms with van der Waals surface area (Å²) < 4.78 is 41.2. The normalized spacial score (nSPS) is 11.4. The van der Waals surface area contributed by atoms with Crippen molar-refractivity contribution in [3.63, 3.8) is 0 Å². The fraction of sp³-hybridized carbons (Fsp3) is 0. The number of hydrogen-bond donors (Lipinski definition) is 2. The third-order valence-electron chi connectivity index (χ3n) is 4.11. The van der Waals surface area contributed by atoms with E-state index in [0.29, 0.717) is 26.8 Å². The van der Waals surface area contributed by atoms with Gasteiger partial charge in [0.1, 0.15) is 5.82 Å². The van der Waals surface area contributed by atoms with E-state index < -0.39 is 15.8 Å². The van der Waals surface area contributed by atoms with Gasteiger partial charge < -0.3 is 5.32 Å². The van der Waals surface area contributed by atoms with Gasteiger partial charge in [0.05, 0.1) is 26.6 Å². The van der Waals surface area contributed by atoms with Gasteiger partial charge >= 0.3 is 0 Å². The van der Waals surface area contributed by atoms with Crippen molar-refractivity contribution >= 4 is 61.6 Å². The number of rotatable bonds is 5. The zero-order chi connectivity index (χ0) is 21.3. The number of fused-ring (bicyclic) bond motifs is 1. The zero-order valence-corrected chi connectivity index (χ0v) is 17.4. The number of benzene rings is 3. The fourth-order valence-corrected chi connectivity index (χ4v) is 4.14. The molecule has 0 fully saturated rings. The SMILES string of the molecule is O=S(=O)(Nc1nc2ccccc2nc1Nc1ccc(Cl)cc1Cl)c1ccc(F)cc1. The third-order valence-corrected chi connectivity index (χ3v) is 6.01. The largest absolute Gasteiger partial charge is 0.336 e. The van der Waals surface area contributed by atoms with E-state index in [1.54, 1.807) is 42.5 Å². The van der Waals surface area contributed by atoms with Crippen LogP contribution in [-0.4, -0.2) is 18.4 Å². The van der Waals surface area contributed by atoms with Crippen molar-refractivity contribution in [2.45, 2.75) is 4.90 Å². The van der Waals surface area contributed by atoms with E-state index in [-0.39, 0.29) is 16.5 Å². The highest BCUT2D eigenvalue weighted by molar-refractivity contribution is 7.92. The molecule has 3 aromatic carbocycles. The Morgan fingerprint density at radius 2 is 1.47 bits per heavy atom. The summed E-state index contributed by atoms with van der Waals surface area (Å²) in [4.78, 5) is 8.75. The van der Waals surface area contributed by atoms with Gasteiger partial charge in [-0.2, -0.15) is 0 Å². The molecular weight excluding hydrogens is 450 g/mol. The van der Waals surface area contributed by atoms with Crippen molar-refractivity contribution in [3.8, 4) is 0 Å². The minimum Gasteiger partial charge on any atom is -0.336 e. The van der Waals surface area contributed by atoms with E-state index in [9.17, 15) is 12.8 Å². The Bertz CT molecular complexity index is 1350. The summed E-state index contributed by atoms with van der Waals surface area (Å²) in [5, 5.41) is 3.77. The monoisotopic (exact) mass is 462 g/mol. The molecule has 0 radical (unpaired) electrons. The highest BCUT2D eigenvalue weighted by Gasteiger charge is 2.19. The van der Waals surface area contributed by atoms with Gasteiger partial charge in [-0.15, -0.1) is 0 Å². The van der Waals surface area contributed by atoms with E-state index in [1.807, 2.05) is 0 Å². The van der Waals surface area contributed by atoms with E-state index in [4.69, 9.17) is 23.2 Å². The summed E-state index contributed by atoms with van der Waals surface area (Å²) in [5.41, 5.74) is 1.50. The predicted molar refractivity (Wildman–Crippen MR) is 116 cm³/mol. The quantitative estimate of drug-likeness (QED) is 0.402. The Hall–Kier alpha value is -2.94. The van der Waals surface area contributed by atoms with Gasteiger partial charge in [-0.05, 0) is 54.6 Å². The molecule has 0 atom stereocenters. The zero-order valence-electron chi connectivity index (χ0n) is 15.1. The minimum atomic E-state index is -4.04. The van der Waals surface area contributed by atoms with Gasteiger partial charge in [0, 0.05) is 5.02 Å². The van der Waals surface area contributed by atoms with Crippen LogP contribution in [0.4, 0.5) is 21.7 Å². The number of anilines is 3. The molecule has 2 N–H and O–H groups in total. The van der Waals surface area contributed by atoms with Crippen molar-refractivity contribution in [1.82, 2.24) is 9.97 Å². The molecule has 152 valence electrons. The number of halogens is 3. The molecule has 0 spiro atoms. The molecule has 30 heavy (non-hydrogen) atoms. The van der Waals surface area contributed by atoms with Crippen LogP contribution >= 0.6 is 23.2 Å². The average molecular weight is 463 g/mol. The second-order valence-corrected chi connectivity index (χ2v) is 8.74. The Morgan fingerprint density at radius 1 is 0.833 bits per heavy atom. The first-order chi connectivity index (χ1) is 14.3. The highest BCUT2D eigenvalue weighted by Crippen LogP contribution is 2.31. The molecule has 4 rings (SSSR count). The van der Waals surface area contributed by atoms with Crippen molar-refractivity contribution in [1.29, 1.82) is 0 Å². The number of hydrogen-bond acceptors (Lipinski definition) is 5. The maximum absolute atomic E-state index is 13.2. The van der Waals surface area contributed by atoms with E-state index in [0.717, 1.165) is 24.3 Å². The van der Waals surface area contributed by atoms with Crippen molar-refractivity contribution in [2.75, 3.05) is 10.0 Å². The van der Waals surface area contributed by atoms with Gasteiger partial charge in [-0.25, -0.2) is 22.8 Å². The van der Waals surface area contributed by atoms with Crippen LogP contribution in [0.15, 0.2) is 71.6 Å². The van der Waals surface area contributed by atoms with Crippen molar-refractivity contribution in [2.24, 2.45) is 0 Å². The molecule has 10 heteroatoms. The highest BCUT2D eigenvalue weighted by atomic mass is 35.5. The summed E-state index contributed by atoms with van der Waals surface area (Å²) in [5.74, 6) is -0.438. The lowest BCUT2D eigenvalue weighted by atomic mass is 10.3. The summed E-state index contributed by atoms with van der Waals surface area (Å²) in [6.45, 7) is 0. The first-order valence-electron chi connectivity index (χ1n) is 8.59. The summed E-state index contributed by atoms with van der Waals surface area (Å²) in [7, 11) is -4.04. The van der Waals surface area contributed by atoms with Crippen LogP contribution in [0, 0.1) is 5.82 Å². The lowest BCUT2D eigenvalue weighted by Gasteiger charge is -2.14. The lowest BCUT2D eigenvalue weighted by Crippen LogP contribution is -2.16. The number of nitrogens with zero attached hydrogens (tertiary/aromatic N) is 2. The molecule has 0 unspecified atom stereocenters. The Kier molecular flexibility index (Phi) is 5.46. The number of aromatic nitrogens is 2. The second kappa shape index (κ2) is 8.06. The fourth-order valence-electron chi connectivity index (χ4n) is 2.68. The lowest BCUT2D eigenvalue weighted by molar-refractivity contribution is 0.599. The number of nitrogens with one attached hydrogen (secondary N) is 2. The smallest absolute Gasteiger partial charge is 0.263 e. The summed E-state index contributed by atoms with van der Waals surface area (Å²) in [6, 6.07) is 16.3. The second-order valence-electron chi connectivity index (χ2n) is 6.22. The molecule has 0 amide bonds. The molecule has 0 aliphatic carbocycles. The molecule has 0 aliphatic heterocycles. The topological polar surface area (TPSA) is 84.0 Å². The van der Waals surface area contributed by atoms with Crippen LogP contribution in [0.25, 0.3) is 11.0 Å². The first-order valence-corrected chi connectivity index (χ1v) is 10.8. The van der Waals surface area contributed by atoms with E-state index in [2.05, 4.69) is 20.0 Å². The van der Waals surface area contributed by atoms with Crippen LogP contribution in [-0.2, 0) is 10.0 Å². The minimum absolute atomic E-state index is 0.0379.